The van der Waals surface area contributed by atoms with Gasteiger partial charge >= 0.3 is 5.97 Å². The van der Waals surface area contributed by atoms with Crippen molar-refractivity contribution in [1.29, 1.82) is 0 Å². The standard InChI is InChI=1S/C16H15BrO3/c17-14-11-13(12-5-2-1-3-6-12)8-9-15(14)20-10-4-7-16(18)19/h1-3,5-6,8-9,11H,4,7,10H2,(H,18,19). The monoisotopic (exact) mass is 334 g/mol. The lowest BCUT2D eigenvalue weighted by Crippen LogP contribution is -2.02. The van der Waals surface area contributed by atoms with E-state index in [1.54, 1.807) is 0 Å². The first-order valence-electron chi connectivity index (χ1n) is 6.36. The van der Waals surface area contributed by atoms with Crippen molar-refractivity contribution in [3.63, 3.8) is 0 Å². The third kappa shape index (κ3) is 4.10. The van der Waals surface area contributed by atoms with Gasteiger partial charge in [0.1, 0.15) is 5.75 Å². The number of carbonyl (C=O) groups is 1. The van der Waals surface area contributed by atoms with Crippen LogP contribution < -0.4 is 4.74 Å². The molecule has 4 heteroatoms. The Bertz CT molecular complexity index is 582. The van der Waals surface area contributed by atoms with Crippen LogP contribution in [0.1, 0.15) is 12.8 Å². The number of aliphatic carboxylic acids is 1. The first-order chi connectivity index (χ1) is 9.66. The zero-order valence-corrected chi connectivity index (χ0v) is 12.5. The molecule has 0 radical (unpaired) electrons. The second kappa shape index (κ2) is 7.10. The summed E-state index contributed by atoms with van der Waals surface area (Å²) in [7, 11) is 0. The highest BCUT2D eigenvalue weighted by Crippen LogP contribution is 2.30. The van der Waals surface area contributed by atoms with Crippen molar-refractivity contribution in [3.05, 3.63) is 53.0 Å². The van der Waals surface area contributed by atoms with Gasteiger partial charge in [0, 0.05) is 6.42 Å². The predicted octanol–water partition coefficient (Wildman–Crippen LogP) is 4.36. The van der Waals surface area contributed by atoms with Crippen LogP contribution in [-0.2, 0) is 4.79 Å². The number of ether oxygens (including phenoxy) is 1. The molecule has 2 aromatic carbocycles. The molecule has 0 fully saturated rings. The third-order valence-corrected chi connectivity index (χ3v) is 3.45. The fourth-order valence-corrected chi connectivity index (χ4v) is 2.33. The van der Waals surface area contributed by atoms with E-state index in [-0.39, 0.29) is 6.42 Å². The highest BCUT2D eigenvalue weighted by atomic mass is 79.9. The molecule has 2 aromatic rings. The van der Waals surface area contributed by atoms with Gasteiger partial charge in [-0.25, -0.2) is 0 Å². The summed E-state index contributed by atoms with van der Waals surface area (Å²) < 4.78 is 6.44. The van der Waals surface area contributed by atoms with Gasteiger partial charge in [0.25, 0.3) is 0 Å². The molecule has 0 amide bonds. The molecule has 104 valence electrons. The normalized spacial score (nSPS) is 10.2. The van der Waals surface area contributed by atoms with Crippen molar-refractivity contribution in [2.45, 2.75) is 12.8 Å². The van der Waals surface area contributed by atoms with E-state index in [4.69, 9.17) is 9.84 Å². The molecule has 20 heavy (non-hydrogen) atoms. The Morgan fingerprint density at radius 3 is 2.50 bits per heavy atom. The minimum Gasteiger partial charge on any atom is -0.492 e. The average Bonchev–Trinajstić information content (AvgIpc) is 2.45. The number of carboxylic acids is 1. The van der Waals surface area contributed by atoms with Gasteiger partial charge in [0.2, 0.25) is 0 Å². The van der Waals surface area contributed by atoms with E-state index in [1.165, 1.54) is 0 Å². The number of hydrogen-bond donors (Lipinski definition) is 1. The third-order valence-electron chi connectivity index (χ3n) is 2.83. The molecule has 0 spiro atoms. The van der Waals surface area contributed by atoms with E-state index < -0.39 is 5.97 Å². The minimum absolute atomic E-state index is 0.125. The van der Waals surface area contributed by atoms with Gasteiger partial charge in [-0.05, 0) is 45.6 Å². The highest BCUT2D eigenvalue weighted by molar-refractivity contribution is 9.10. The van der Waals surface area contributed by atoms with Crippen LogP contribution in [0.3, 0.4) is 0 Å². The smallest absolute Gasteiger partial charge is 0.303 e. The second-order valence-electron chi connectivity index (χ2n) is 4.36. The topological polar surface area (TPSA) is 46.5 Å². The predicted molar refractivity (Wildman–Crippen MR) is 81.9 cm³/mol. The van der Waals surface area contributed by atoms with Crippen molar-refractivity contribution in [2.75, 3.05) is 6.61 Å². The van der Waals surface area contributed by atoms with Crippen LogP contribution in [-0.4, -0.2) is 17.7 Å². The summed E-state index contributed by atoms with van der Waals surface area (Å²) >= 11 is 3.48. The average molecular weight is 335 g/mol. The Hall–Kier alpha value is -1.81. The molecule has 0 aliphatic rings. The molecule has 1 N–H and O–H groups in total. The molecule has 0 aliphatic heterocycles. The van der Waals surface area contributed by atoms with Gasteiger partial charge in [0.05, 0.1) is 11.1 Å². The Kier molecular flexibility index (Phi) is 5.18. The molecule has 0 atom stereocenters. The van der Waals surface area contributed by atoms with Crippen molar-refractivity contribution in [3.8, 4) is 16.9 Å². The summed E-state index contributed by atoms with van der Waals surface area (Å²) in [5.41, 5.74) is 2.25. The summed E-state index contributed by atoms with van der Waals surface area (Å²) in [5.74, 6) is -0.0674. The lowest BCUT2D eigenvalue weighted by molar-refractivity contribution is -0.137. The van der Waals surface area contributed by atoms with E-state index in [9.17, 15) is 4.79 Å². The number of carboxylic acid groups (broad SMARTS) is 1. The SMILES string of the molecule is O=C(O)CCCOc1ccc(-c2ccccc2)cc1Br. The van der Waals surface area contributed by atoms with Gasteiger partial charge in [-0.15, -0.1) is 0 Å². The van der Waals surface area contributed by atoms with E-state index in [0.29, 0.717) is 13.0 Å². The van der Waals surface area contributed by atoms with Crippen LogP contribution in [0.4, 0.5) is 0 Å². The molecular weight excluding hydrogens is 320 g/mol. The van der Waals surface area contributed by atoms with Crippen molar-refractivity contribution >= 4 is 21.9 Å². The fraction of sp³-hybridized carbons (Fsp3) is 0.188. The van der Waals surface area contributed by atoms with Crippen LogP contribution in [0.25, 0.3) is 11.1 Å². The maximum Gasteiger partial charge on any atom is 0.303 e. The molecular formula is C16H15BrO3. The van der Waals surface area contributed by atoms with Crippen molar-refractivity contribution < 1.29 is 14.6 Å². The summed E-state index contributed by atoms with van der Waals surface area (Å²) in [5, 5.41) is 8.56. The molecule has 0 heterocycles. The largest absolute Gasteiger partial charge is 0.492 e. The molecule has 0 saturated heterocycles. The Morgan fingerprint density at radius 2 is 1.85 bits per heavy atom. The van der Waals surface area contributed by atoms with E-state index >= 15 is 0 Å². The number of halogens is 1. The van der Waals surface area contributed by atoms with Crippen molar-refractivity contribution in [1.82, 2.24) is 0 Å². The van der Waals surface area contributed by atoms with E-state index in [2.05, 4.69) is 28.1 Å². The molecule has 0 aromatic heterocycles. The molecule has 0 saturated carbocycles. The van der Waals surface area contributed by atoms with Crippen LogP contribution >= 0.6 is 15.9 Å². The van der Waals surface area contributed by atoms with Gasteiger partial charge in [-0.1, -0.05) is 36.4 Å². The molecule has 3 nitrogen and oxygen atoms in total. The van der Waals surface area contributed by atoms with Gasteiger partial charge in [0.15, 0.2) is 0 Å². The fourth-order valence-electron chi connectivity index (χ4n) is 1.83. The summed E-state index contributed by atoms with van der Waals surface area (Å²) in [4.78, 5) is 10.4. The maximum atomic E-state index is 10.4. The Balaban J connectivity index is 2.01. The Morgan fingerprint density at radius 1 is 1.10 bits per heavy atom. The number of hydrogen-bond acceptors (Lipinski definition) is 2. The van der Waals surface area contributed by atoms with Crippen LogP contribution in [0, 0.1) is 0 Å². The number of benzene rings is 2. The first-order valence-corrected chi connectivity index (χ1v) is 7.15. The van der Waals surface area contributed by atoms with Crippen molar-refractivity contribution in [2.24, 2.45) is 0 Å². The molecule has 0 bridgehead atoms. The zero-order valence-electron chi connectivity index (χ0n) is 10.9. The van der Waals surface area contributed by atoms with E-state index in [1.807, 2.05) is 36.4 Å². The van der Waals surface area contributed by atoms with E-state index in [0.717, 1.165) is 21.3 Å². The lowest BCUT2D eigenvalue weighted by Gasteiger charge is -2.09. The minimum atomic E-state index is -0.799. The molecule has 2 rings (SSSR count). The summed E-state index contributed by atoms with van der Waals surface area (Å²) in [6.07, 6.45) is 0.627. The summed E-state index contributed by atoms with van der Waals surface area (Å²) in [6.45, 7) is 0.398. The van der Waals surface area contributed by atoms with Gasteiger partial charge in [-0.2, -0.15) is 0 Å². The second-order valence-corrected chi connectivity index (χ2v) is 5.21. The first kappa shape index (κ1) is 14.6. The quantitative estimate of drug-likeness (QED) is 0.798. The maximum absolute atomic E-state index is 10.4. The van der Waals surface area contributed by atoms with Crippen LogP contribution in [0.5, 0.6) is 5.75 Å². The summed E-state index contributed by atoms with van der Waals surface area (Å²) in [6, 6.07) is 16.0. The number of rotatable bonds is 6. The van der Waals surface area contributed by atoms with Crippen LogP contribution in [0.2, 0.25) is 0 Å². The van der Waals surface area contributed by atoms with Crippen LogP contribution in [0.15, 0.2) is 53.0 Å². The zero-order chi connectivity index (χ0) is 14.4. The lowest BCUT2D eigenvalue weighted by atomic mass is 10.1. The highest BCUT2D eigenvalue weighted by Gasteiger charge is 2.05. The van der Waals surface area contributed by atoms with Gasteiger partial charge in [-0.3, -0.25) is 4.79 Å². The molecule has 0 unspecified atom stereocenters. The van der Waals surface area contributed by atoms with Gasteiger partial charge < -0.3 is 9.84 Å². The molecule has 0 aliphatic carbocycles. The Labute approximate surface area is 126 Å².